The molecule has 0 amide bonds. The summed E-state index contributed by atoms with van der Waals surface area (Å²) in [6.45, 7) is 1.84. The van der Waals surface area contributed by atoms with Crippen LogP contribution in [0.5, 0.6) is 0 Å². The summed E-state index contributed by atoms with van der Waals surface area (Å²) in [5.41, 5.74) is 1.91. The zero-order valence-electron chi connectivity index (χ0n) is 13.3. The van der Waals surface area contributed by atoms with Crippen molar-refractivity contribution in [3.8, 4) is 5.69 Å². The van der Waals surface area contributed by atoms with Crippen molar-refractivity contribution in [3.63, 3.8) is 0 Å². The smallest absolute Gasteiger partial charge is 0.263 e. The predicted molar refractivity (Wildman–Crippen MR) is 97.9 cm³/mol. The first kappa shape index (κ1) is 17.7. The Morgan fingerprint density at radius 2 is 2.00 bits per heavy atom. The topological polar surface area (TPSA) is 89.8 Å². The van der Waals surface area contributed by atoms with Crippen LogP contribution in [0.3, 0.4) is 0 Å². The summed E-state index contributed by atoms with van der Waals surface area (Å²) in [6, 6.07) is 11.6. The summed E-state index contributed by atoms with van der Waals surface area (Å²) in [6.07, 6.45) is 1.86. The van der Waals surface area contributed by atoms with Gasteiger partial charge in [0.1, 0.15) is 4.90 Å². The van der Waals surface area contributed by atoms with E-state index in [0.29, 0.717) is 16.5 Å². The monoisotopic (exact) mass is 395 g/mol. The second-order valence-electron chi connectivity index (χ2n) is 5.17. The van der Waals surface area contributed by atoms with E-state index in [1.165, 1.54) is 22.5 Å². The van der Waals surface area contributed by atoms with Crippen LogP contribution >= 0.6 is 23.4 Å². The minimum Gasteiger partial charge on any atom is -0.280 e. The summed E-state index contributed by atoms with van der Waals surface area (Å²) < 4.78 is 29.3. The molecule has 0 aliphatic heterocycles. The fraction of sp³-hybridized carbons (Fsp3) is 0.133. The molecule has 25 heavy (non-hydrogen) atoms. The Kier molecular flexibility index (Phi) is 4.98. The summed E-state index contributed by atoms with van der Waals surface area (Å²) >= 11 is 7.47. The van der Waals surface area contributed by atoms with Crippen LogP contribution < -0.4 is 4.72 Å². The van der Waals surface area contributed by atoms with Gasteiger partial charge < -0.3 is 0 Å². The maximum Gasteiger partial charge on any atom is 0.263 e. The third-order valence-electron chi connectivity index (χ3n) is 3.34. The molecule has 0 unspecified atom stereocenters. The van der Waals surface area contributed by atoms with Gasteiger partial charge in [0.2, 0.25) is 5.16 Å². The molecule has 1 N–H and O–H groups in total. The zero-order valence-corrected chi connectivity index (χ0v) is 15.7. The van der Waals surface area contributed by atoms with Crippen LogP contribution in [-0.2, 0) is 10.0 Å². The van der Waals surface area contributed by atoms with Crippen LogP contribution in [-0.4, -0.2) is 34.9 Å². The third-order valence-corrected chi connectivity index (χ3v) is 5.83. The van der Waals surface area contributed by atoms with Crippen molar-refractivity contribution in [1.29, 1.82) is 0 Å². The van der Waals surface area contributed by atoms with E-state index in [-0.39, 0.29) is 9.92 Å². The number of anilines is 1. The van der Waals surface area contributed by atoms with Crippen molar-refractivity contribution in [2.24, 2.45) is 0 Å². The van der Waals surface area contributed by atoms with Gasteiger partial charge in [0.25, 0.3) is 10.0 Å². The molecule has 130 valence electrons. The number of nitrogens with zero attached hydrogens (tertiary/aromatic N) is 4. The lowest BCUT2D eigenvalue weighted by molar-refractivity contribution is 0.601. The number of tetrazole rings is 1. The van der Waals surface area contributed by atoms with E-state index in [2.05, 4.69) is 20.2 Å². The molecule has 0 saturated carbocycles. The van der Waals surface area contributed by atoms with Gasteiger partial charge >= 0.3 is 0 Å². The summed E-state index contributed by atoms with van der Waals surface area (Å²) in [7, 11) is -3.81. The number of nitrogens with one attached hydrogen (secondary N) is 1. The highest BCUT2D eigenvalue weighted by Crippen LogP contribution is 2.26. The first-order valence-corrected chi connectivity index (χ1v) is 10.2. The van der Waals surface area contributed by atoms with Crippen LogP contribution in [0.15, 0.2) is 52.5 Å². The Morgan fingerprint density at radius 1 is 1.20 bits per heavy atom. The van der Waals surface area contributed by atoms with Gasteiger partial charge in [-0.25, -0.2) is 8.42 Å². The molecule has 0 saturated heterocycles. The summed E-state index contributed by atoms with van der Waals surface area (Å²) in [5.74, 6) is 0. The van der Waals surface area contributed by atoms with Crippen molar-refractivity contribution in [2.75, 3.05) is 11.0 Å². The van der Waals surface area contributed by atoms with Crippen molar-refractivity contribution >= 4 is 39.1 Å². The standard InChI is InChI=1S/C15H14ClN5O2S2/c1-10-6-7-14(13(16)8-10)25(22,23)18-11-4-3-5-12(9-11)21-15(24-2)17-19-20-21/h3-9,18H,1-2H3. The van der Waals surface area contributed by atoms with E-state index >= 15 is 0 Å². The number of aryl methyl sites for hydroxylation is 1. The molecule has 2 aromatic carbocycles. The van der Waals surface area contributed by atoms with Crippen LogP contribution in [0.1, 0.15) is 5.56 Å². The molecule has 0 atom stereocenters. The Balaban J connectivity index is 1.94. The average molecular weight is 396 g/mol. The maximum absolute atomic E-state index is 12.6. The molecule has 1 aromatic heterocycles. The first-order valence-electron chi connectivity index (χ1n) is 7.12. The van der Waals surface area contributed by atoms with Gasteiger partial charge in [0, 0.05) is 0 Å². The summed E-state index contributed by atoms with van der Waals surface area (Å²) in [5, 5.41) is 12.2. The molecule has 3 rings (SSSR count). The van der Waals surface area contributed by atoms with Crippen LogP contribution in [0.2, 0.25) is 5.02 Å². The highest BCUT2D eigenvalue weighted by atomic mass is 35.5. The fourth-order valence-corrected chi connectivity index (χ4v) is 4.29. The summed E-state index contributed by atoms with van der Waals surface area (Å²) in [4.78, 5) is 0.0254. The minimum absolute atomic E-state index is 0.0254. The molecular weight excluding hydrogens is 382 g/mol. The highest BCUT2D eigenvalue weighted by molar-refractivity contribution is 7.98. The molecular formula is C15H14ClN5O2S2. The molecule has 3 aromatic rings. The van der Waals surface area contributed by atoms with Gasteiger partial charge in [-0.2, -0.15) is 4.68 Å². The predicted octanol–water partition coefficient (Wildman–Crippen LogP) is 3.15. The van der Waals surface area contributed by atoms with E-state index in [1.807, 2.05) is 13.2 Å². The van der Waals surface area contributed by atoms with Gasteiger partial charge in [-0.15, -0.1) is 5.10 Å². The Labute approximate surface area is 154 Å². The fourth-order valence-electron chi connectivity index (χ4n) is 2.20. The SMILES string of the molecule is CSc1nnnn1-c1cccc(NS(=O)(=O)c2ccc(C)cc2Cl)c1. The third kappa shape index (κ3) is 3.78. The van der Waals surface area contributed by atoms with Crippen LogP contribution in [0.4, 0.5) is 5.69 Å². The number of rotatable bonds is 5. The zero-order chi connectivity index (χ0) is 18.0. The minimum atomic E-state index is -3.81. The molecule has 1 heterocycles. The molecule has 0 bridgehead atoms. The molecule has 10 heteroatoms. The second-order valence-corrected chi connectivity index (χ2v) is 8.00. The Bertz CT molecular complexity index is 1020. The van der Waals surface area contributed by atoms with Gasteiger partial charge in [0.05, 0.1) is 16.4 Å². The number of hydrogen-bond acceptors (Lipinski definition) is 6. The lowest BCUT2D eigenvalue weighted by Crippen LogP contribution is -2.14. The quantitative estimate of drug-likeness (QED) is 0.667. The number of thioether (sulfide) groups is 1. The Hall–Kier alpha value is -2.10. The van der Waals surface area contributed by atoms with Crippen LogP contribution in [0.25, 0.3) is 5.69 Å². The molecule has 0 fully saturated rings. The van der Waals surface area contributed by atoms with Gasteiger partial charge in [-0.05, 0) is 59.5 Å². The van der Waals surface area contributed by atoms with Gasteiger partial charge in [0.15, 0.2) is 0 Å². The Morgan fingerprint density at radius 3 is 2.72 bits per heavy atom. The highest BCUT2D eigenvalue weighted by Gasteiger charge is 2.18. The first-order chi connectivity index (χ1) is 11.9. The van der Waals surface area contributed by atoms with Crippen molar-refractivity contribution in [1.82, 2.24) is 20.2 Å². The lowest BCUT2D eigenvalue weighted by Gasteiger charge is -2.11. The van der Waals surface area contributed by atoms with Crippen molar-refractivity contribution in [2.45, 2.75) is 17.0 Å². The van der Waals surface area contributed by atoms with E-state index in [0.717, 1.165) is 5.56 Å². The maximum atomic E-state index is 12.6. The molecule has 0 spiro atoms. The number of benzene rings is 2. The number of halogens is 1. The number of sulfonamides is 1. The molecule has 0 aliphatic rings. The average Bonchev–Trinajstić information content (AvgIpc) is 3.03. The van der Waals surface area contributed by atoms with Crippen molar-refractivity contribution in [3.05, 3.63) is 53.1 Å². The van der Waals surface area contributed by atoms with E-state index in [1.54, 1.807) is 36.4 Å². The lowest BCUT2D eigenvalue weighted by atomic mass is 10.2. The number of aromatic nitrogens is 4. The van der Waals surface area contributed by atoms with Crippen molar-refractivity contribution < 1.29 is 8.42 Å². The van der Waals surface area contributed by atoms with E-state index < -0.39 is 10.0 Å². The largest absolute Gasteiger partial charge is 0.280 e. The van der Waals surface area contributed by atoms with Crippen LogP contribution in [0, 0.1) is 6.92 Å². The van der Waals surface area contributed by atoms with E-state index in [9.17, 15) is 8.42 Å². The molecule has 7 nitrogen and oxygen atoms in total. The van der Waals surface area contributed by atoms with E-state index in [4.69, 9.17) is 11.6 Å². The number of hydrogen-bond donors (Lipinski definition) is 1. The van der Waals surface area contributed by atoms with Gasteiger partial charge in [-0.3, -0.25) is 4.72 Å². The normalized spacial score (nSPS) is 11.5. The molecule has 0 aliphatic carbocycles. The van der Waals surface area contributed by atoms with Gasteiger partial charge in [-0.1, -0.05) is 35.5 Å². The molecule has 0 radical (unpaired) electrons. The second kappa shape index (κ2) is 7.03.